The molecule has 0 aliphatic heterocycles. The third kappa shape index (κ3) is 1.53. The number of nitrogens with two attached hydrogens (primary N) is 1. The Morgan fingerprint density at radius 1 is 1.00 bits per heavy atom. The number of para-hydroxylation sites is 1. The van der Waals surface area contributed by atoms with E-state index >= 15 is 0 Å². The molecule has 1 aliphatic rings. The molecule has 90 valence electrons. The second-order valence-corrected chi connectivity index (χ2v) is 4.89. The fourth-order valence-electron chi connectivity index (χ4n) is 2.70. The summed E-state index contributed by atoms with van der Waals surface area (Å²) in [6.45, 7) is 1.99. The van der Waals surface area contributed by atoms with Crippen LogP contribution in [0.1, 0.15) is 22.8 Å². The van der Waals surface area contributed by atoms with Gasteiger partial charge in [0.2, 0.25) is 0 Å². The summed E-state index contributed by atoms with van der Waals surface area (Å²) in [6, 6.07) is 13.7. The van der Waals surface area contributed by atoms with Crippen LogP contribution in [-0.4, -0.2) is 5.78 Å². The van der Waals surface area contributed by atoms with Crippen molar-refractivity contribution in [1.82, 2.24) is 0 Å². The predicted molar refractivity (Wildman–Crippen MR) is 73.5 cm³/mol. The van der Waals surface area contributed by atoms with Gasteiger partial charge in [-0.2, -0.15) is 0 Å². The normalized spacial score (nSPS) is 17.8. The quantitative estimate of drug-likeness (QED) is 0.773. The van der Waals surface area contributed by atoms with Crippen LogP contribution >= 0.6 is 0 Å². The summed E-state index contributed by atoms with van der Waals surface area (Å²) >= 11 is 0. The van der Waals surface area contributed by atoms with Crippen molar-refractivity contribution in [2.45, 2.75) is 13.3 Å². The lowest BCUT2D eigenvalue weighted by Gasteiger charge is -2.10. The van der Waals surface area contributed by atoms with E-state index < -0.39 is 0 Å². The molecule has 0 saturated heterocycles. The zero-order chi connectivity index (χ0) is 12.7. The number of anilines is 1. The zero-order valence-electron chi connectivity index (χ0n) is 10.3. The van der Waals surface area contributed by atoms with Crippen LogP contribution in [0.5, 0.6) is 0 Å². The molecule has 0 fully saturated rings. The summed E-state index contributed by atoms with van der Waals surface area (Å²) in [7, 11) is 0. The average molecular weight is 237 g/mol. The van der Waals surface area contributed by atoms with Crippen LogP contribution < -0.4 is 5.73 Å². The number of rotatable bonds is 1. The molecule has 2 nitrogen and oxygen atoms in total. The molecule has 1 aliphatic carbocycles. The Kier molecular flexibility index (Phi) is 2.44. The molecule has 0 saturated carbocycles. The Morgan fingerprint density at radius 3 is 2.44 bits per heavy atom. The third-order valence-corrected chi connectivity index (χ3v) is 3.65. The number of fused-ring (bicyclic) bond motifs is 1. The predicted octanol–water partition coefficient (Wildman–Crippen LogP) is 3.31. The van der Waals surface area contributed by atoms with Gasteiger partial charge in [0, 0.05) is 22.7 Å². The van der Waals surface area contributed by atoms with Gasteiger partial charge in [0.1, 0.15) is 0 Å². The van der Waals surface area contributed by atoms with Crippen LogP contribution in [0.4, 0.5) is 5.69 Å². The van der Waals surface area contributed by atoms with Gasteiger partial charge in [-0.25, -0.2) is 0 Å². The molecule has 2 N–H and O–H groups in total. The summed E-state index contributed by atoms with van der Waals surface area (Å²) in [5, 5.41) is 0. The molecule has 0 radical (unpaired) electrons. The molecule has 2 heteroatoms. The number of ketones is 1. The molecule has 18 heavy (non-hydrogen) atoms. The Balaban J connectivity index is 2.22. The maximum atomic E-state index is 12.0. The Labute approximate surface area is 106 Å². The maximum Gasteiger partial charge on any atom is 0.166 e. The fourth-order valence-corrected chi connectivity index (χ4v) is 2.70. The Morgan fingerprint density at radius 2 is 1.67 bits per heavy atom. The second-order valence-electron chi connectivity index (χ2n) is 4.89. The van der Waals surface area contributed by atoms with Crippen LogP contribution in [0.3, 0.4) is 0 Å². The van der Waals surface area contributed by atoms with Crippen molar-refractivity contribution in [2.24, 2.45) is 5.92 Å². The Hall–Kier alpha value is -2.09. The third-order valence-electron chi connectivity index (χ3n) is 3.65. The summed E-state index contributed by atoms with van der Waals surface area (Å²) < 4.78 is 0. The number of hydrogen-bond donors (Lipinski definition) is 1. The fraction of sp³-hybridized carbons (Fsp3) is 0.188. The minimum Gasteiger partial charge on any atom is -0.398 e. The number of benzene rings is 2. The highest BCUT2D eigenvalue weighted by atomic mass is 16.1. The van der Waals surface area contributed by atoms with E-state index in [2.05, 4.69) is 6.07 Å². The average Bonchev–Trinajstić information content (AvgIpc) is 2.67. The second kappa shape index (κ2) is 3.98. The molecule has 0 bridgehead atoms. The number of carbonyl (C=O) groups is 1. The van der Waals surface area contributed by atoms with Gasteiger partial charge in [0.05, 0.1) is 0 Å². The van der Waals surface area contributed by atoms with E-state index in [1.165, 1.54) is 0 Å². The molecular weight excluding hydrogens is 222 g/mol. The smallest absolute Gasteiger partial charge is 0.166 e. The number of carbonyl (C=O) groups excluding carboxylic acids is 1. The number of Topliss-reactive ketones (excluding diaryl/α,β-unsaturated/α-hetero) is 1. The molecule has 0 aromatic heterocycles. The first-order chi connectivity index (χ1) is 8.68. The summed E-state index contributed by atoms with van der Waals surface area (Å²) in [6.07, 6.45) is 0.818. The molecule has 0 spiro atoms. The van der Waals surface area contributed by atoms with Gasteiger partial charge in [-0.1, -0.05) is 43.3 Å². The summed E-state index contributed by atoms with van der Waals surface area (Å²) in [4.78, 5) is 12.0. The van der Waals surface area contributed by atoms with Gasteiger partial charge in [0.25, 0.3) is 0 Å². The lowest BCUT2D eigenvalue weighted by atomic mass is 9.95. The molecule has 3 rings (SSSR count). The van der Waals surface area contributed by atoms with Crippen LogP contribution in [-0.2, 0) is 6.42 Å². The van der Waals surface area contributed by atoms with E-state index in [9.17, 15) is 4.79 Å². The van der Waals surface area contributed by atoms with Gasteiger partial charge >= 0.3 is 0 Å². The van der Waals surface area contributed by atoms with Crippen molar-refractivity contribution >= 4 is 11.5 Å². The maximum absolute atomic E-state index is 12.0. The minimum atomic E-state index is 0.0890. The first kappa shape index (κ1) is 11.0. The Bertz CT molecular complexity index is 631. The van der Waals surface area contributed by atoms with E-state index in [1.54, 1.807) is 0 Å². The van der Waals surface area contributed by atoms with Crippen LogP contribution in [0.2, 0.25) is 0 Å². The van der Waals surface area contributed by atoms with Crippen LogP contribution in [0.25, 0.3) is 11.1 Å². The number of hydrogen-bond acceptors (Lipinski definition) is 2. The van der Waals surface area contributed by atoms with Crippen LogP contribution in [0.15, 0.2) is 42.5 Å². The molecule has 1 unspecified atom stereocenters. The first-order valence-electron chi connectivity index (χ1n) is 6.19. The minimum absolute atomic E-state index is 0.0890. The van der Waals surface area contributed by atoms with Gasteiger partial charge in [-0.3, -0.25) is 4.79 Å². The van der Waals surface area contributed by atoms with Gasteiger partial charge in [0.15, 0.2) is 5.78 Å². The van der Waals surface area contributed by atoms with Gasteiger partial charge in [-0.15, -0.1) is 0 Å². The van der Waals surface area contributed by atoms with E-state index in [-0.39, 0.29) is 11.7 Å². The molecule has 0 heterocycles. The van der Waals surface area contributed by atoms with E-state index in [1.807, 2.05) is 43.3 Å². The lowest BCUT2D eigenvalue weighted by Crippen LogP contribution is -2.02. The zero-order valence-corrected chi connectivity index (χ0v) is 10.3. The molecule has 2 aromatic rings. The molecule has 1 atom stereocenters. The van der Waals surface area contributed by atoms with E-state index in [0.717, 1.165) is 34.4 Å². The van der Waals surface area contributed by atoms with Gasteiger partial charge < -0.3 is 5.73 Å². The van der Waals surface area contributed by atoms with E-state index in [0.29, 0.717) is 0 Å². The number of nitrogen functional groups attached to an aromatic ring is 1. The SMILES string of the molecule is CC1Cc2c(cccc2-c2ccccc2N)C1=O. The molecule has 0 amide bonds. The molecular formula is C16H15NO. The highest BCUT2D eigenvalue weighted by Gasteiger charge is 2.29. The monoisotopic (exact) mass is 237 g/mol. The summed E-state index contributed by atoms with van der Waals surface area (Å²) in [5.74, 6) is 0.340. The van der Waals surface area contributed by atoms with Crippen molar-refractivity contribution in [3.63, 3.8) is 0 Å². The van der Waals surface area contributed by atoms with E-state index in [4.69, 9.17) is 5.73 Å². The first-order valence-corrected chi connectivity index (χ1v) is 6.19. The molecule has 2 aromatic carbocycles. The topological polar surface area (TPSA) is 43.1 Å². The highest BCUT2D eigenvalue weighted by Crippen LogP contribution is 2.36. The van der Waals surface area contributed by atoms with Crippen LogP contribution in [0, 0.1) is 5.92 Å². The lowest BCUT2D eigenvalue weighted by molar-refractivity contribution is 0.0946. The largest absolute Gasteiger partial charge is 0.398 e. The highest BCUT2D eigenvalue weighted by molar-refractivity contribution is 6.04. The van der Waals surface area contributed by atoms with Crippen molar-refractivity contribution in [2.75, 3.05) is 5.73 Å². The van der Waals surface area contributed by atoms with Crippen molar-refractivity contribution < 1.29 is 4.79 Å². The van der Waals surface area contributed by atoms with Gasteiger partial charge in [-0.05, 0) is 23.6 Å². The summed E-state index contributed by atoms with van der Waals surface area (Å²) in [5.41, 5.74) is 10.9. The van der Waals surface area contributed by atoms with Crippen molar-refractivity contribution in [3.8, 4) is 11.1 Å². The van der Waals surface area contributed by atoms with Crippen molar-refractivity contribution in [1.29, 1.82) is 0 Å². The van der Waals surface area contributed by atoms with Crippen molar-refractivity contribution in [3.05, 3.63) is 53.6 Å². The standard InChI is InChI=1S/C16H15NO/c1-10-9-14-11(6-4-7-13(14)16(10)18)12-5-2-3-8-15(12)17/h2-8,10H,9,17H2,1H3.